The van der Waals surface area contributed by atoms with Gasteiger partial charge in [0.15, 0.2) is 0 Å². The van der Waals surface area contributed by atoms with Gasteiger partial charge in [0.2, 0.25) is 10.0 Å². The molecule has 0 saturated heterocycles. The first-order valence-electron chi connectivity index (χ1n) is 6.15. The van der Waals surface area contributed by atoms with Gasteiger partial charge in [-0.2, -0.15) is 0 Å². The maximum absolute atomic E-state index is 11.7. The Labute approximate surface area is 114 Å². The molecular weight excluding hydrogens is 266 g/mol. The first-order valence-corrected chi connectivity index (χ1v) is 7.63. The van der Waals surface area contributed by atoms with E-state index >= 15 is 0 Å². The van der Waals surface area contributed by atoms with Gasteiger partial charge >= 0.3 is 0 Å². The Bertz CT molecular complexity index is 517. The molecule has 1 aromatic carbocycles. The Kier molecular flexibility index (Phi) is 5.59. The molecule has 0 bridgehead atoms. The Morgan fingerprint density at radius 1 is 1.42 bits per heavy atom. The van der Waals surface area contributed by atoms with Crippen LogP contribution >= 0.6 is 0 Å². The lowest BCUT2D eigenvalue weighted by molar-refractivity contribution is 0.289. The molecule has 0 aliphatic carbocycles. The fourth-order valence-electron chi connectivity index (χ4n) is 1.82. The number of nitrogens with two attached hydrogens (primary N) is 1. The Hall–Kier alpha value is -1.31. The highest BCUT2D eigenvalue weighted by Crippen LogP contribution is 2.26. The molecule has 0 aromatic heterocycles. The molecule has 0 fully saturated rings. The van der Waals surface area contributed by atoms with Gasteiger partial charge in [0.05, 0.1) is 16.3 Å². The van der Waals surface area contributed by atoms with E-state index in [0.717, 1.165) is 12.2 Å². The number of aliphatic hydroxyl groups excluding tert-OH is 1. The van der Waals surface area contributed by atoms with E-state index in [0.29, 0.717) is 18.7 Å². The maximum Gasteiger partial charge on any atom is 0.240 e. The molecule has 1 rings (SSSR count). The van der Waals surface area contributed by atoms with Gasteiger partial charge in [-0.15, -0.1) is 0 Å². The van der Waals surface area contributed by atoms with Crippen LogP contribution in [0.3, 0.4) is 0 Å². The molecule has 0 atom stereocenters. The standard InChI is InChI=1S/C12H21N3O3S/c1-3-15(7-4-8-16)12-6-5-10(9-11(12)13)19(17,18)14-2/h5-6,9,14,16H,3-4,7-8,13H2,1-2H3. The average molecular weight is 287 g/mol. The molecule has 6 nitrogen and oxygen atoms in total. The highest BCUT2D eigenvalue weighted by atomic mass is 32.2. The molecule has 4 N–H and O–H groups in total. The monoisotopic (exact) mass is 287 g/mol. The van der Waals surface area contributed by atoms with Crippen molar-refractivity contribution < 1.29 is 13.5 Å². The van der Waals surface area contributed by atoms with E-state index in [1.54, 1.807) is 6.07 Å². The minimum absolute atomic E-state index is 0.114. The summed E-state index contributed by atoms with van der Waals surface area (Å²) in [4.78, 5) is 2.15. The van der Waals surface area contributed by atoms with Gasteiger partial charge in [-0.25, -0.2) is 13.1 Å². The fourth-order valence-corrected chi connectivity index (χ4v) is 2.58. The normalized spacial score (nSPS) is 11.5. The van der Waals surface area contributed by atoms with Crippen LogP contribution in [0.15, 0.2) is 23.1 Å². The molecule has 0 radical (unpaired) electrons. The van der Waals surface area contributed by atoms with Gasteiger partial charge < -0.3 is 15.7 Å². The van der Waals surface area contributed by atoms with Crippen LogP contribution in [0.4, 0.5) is 11.4 Å². The number of benzene rings is 1. The zero-order valence-electron chi connectivity index (χ0n) is 11.3. The van der Waals surface area contributed by atoms with Gasteiger partial charge in [0.25, 0.3) is 0 Å². The lowest BCUT2D eigenvalue weighted by Crippen LogP contribution is -2.26. The lowest BCUT2D eigenvalue weighted by Gasteiger charge is -2.24. The smallest absolute Gasteiger partial charge is 0.240 e. The number of anilines is 2. The summed E-state index contributed by atoms with van der Waals surface area (Å²) in [5.74, 6) is 0. The zero-order valence-corrected chi connectivity index (χ0v) is 12.1. The summed E-state index contributed by atoms with van der Waals surface area (Å²) < 4.78 is 25.6. The van der Waals surface area contributed by atoms with Crippen molar-refractivity contribution >= 4 is 21.4 Å². The van der Waals surface area contributed by atoms with E-state index in [-0.39, 0.29) is 11.5 Å². The Morgan fingerprint density at radius 3 is 2.58 bits per heavy atom. The second-order valence-corrected chi connectivity index (χ2v) is 5.97. The van der Waals surface area contributed by atoms with E-state index in [2.05, 4.69) is 4.72 Å². The second-order valence-electron chi connectivity index (χ2n) is 4.09. The van der Waals surface area contributed by atoms with Crippen LogP contribution in [-0.4, -0.2) is 40.3 Å². The van der Waals surface area contributed by atoms with Gasteiger partial charge in [-0.05, 0) is 38.6 Å². The van der Waals surface area contributed by atoms with Crippen molar-refractivity contribution in [3.05, 3.63) is 18.2 Å². The third kappa shape index (κ3) is 3.82. The average Bonchev–Trinajstić information content (AvgIpc) is 2.40. The molecule has 0 saturated carbocycles. The maximum atomic E-state index is 11.7. The second kappa shape index (κ2) is 6.74. The number of hydrogen-bond donors (Lipinski definition) is 3. The molecule has 0 aliphatic heterocycles. The lowest BCUT2D eigenvalue weighted by atomic mass is 10.2. The number of rotatable bonds is 7. The summed E-state index contributed by atoms with van der Waals surface area (Å²) in [5, 5.41) is 8.86. The molecule has 0 amide bonds. The van der Waals surface area contributed by atoms with Crippen LogP contribution in [0.1, 0.15) is 13.3 Å². The highest BCUT2D eigenvalue weighted by molar-refractivity contribution is 7.89. The number of hydrogen-bond acceptors (Lipinski definition) is 5. The Morgan fingerprint density at radius 2 is 2.11 bits per heavy atom. The molecular formula is C12H21N3O3S. The van der Waals surface area contributed by atoms with E-state index in [1.807, 2.05) is 11.8 Å². The molecule has 0 heterocycles. The number of aliphatic hydroxyl groups is 1. The summed E-state index contributed by atoms with van der Waals surface area (Å²) >= 11 is 0. The van der Waals surface area contributed by atoms with Gasteiger partial charge in [0.1, 0.15) is 0 Å². The summed E-state index contributed by atoms with van der Waals surface area (Å²) in [6.07, 6.45) is 0.643. The van der Waals surface area contributed by atoms with Crippen LogP contribution in [0.2, 0.25) is 0 Å². The van der Waals surface area contributed by atoms with Crippen molar-refractivity contribution in [1.82, 2.24) is 4.72 Å². The van der Waals surface area contributed by atoms with Crippen LogP contribution in [0, 0.1) is 0 Å². The largest absolute Gasteiger partial charge is 0.397 e. The quantitative estimate of drug-likeness (QED) is 0.630. The predicted octanol–water partition coefficient (Wildman–Crippen LogP) is 0.386. The van der Waals surface area contributed by atoms with Gasteiger partial charge in [0, 0.05) is 19.7 Å². The first kappa shape index (κ1) is 15.7. The molecule has 0 aliphatic rings. The van der Waals surface area contributed by atoms with Crippen LogP contribution in [0.5, 0.6) is 0 Å². The topological polar surface area (TPSA) is 95.7 Å². The van der Waals surface area contributed by atoms with Crippen LogP contribution in [-0.2, 0) is 10.0 Å². The molecule has 0 spiro atoms. The van der Waals surface area contributed by atoms with E-state index < -0.39 is 10.0 Å². The minimum Gasteiger partial charge on any atom is -0.397 e. The van der Waals surface area contributed by atoms with Crippen molar-refractivity contribution in [1.29, 1.82) is 0 Å². The summed E-state index contributed by atoms with van der Waals surface area (Å²) in [7, 11) is -2.12. The van der Waals surface area contributed by atoms with Crippen molar-refractivity contribution in [2.45, 2.75) is 18.2 Å². The third-order valence-electron chi connectivity index (χ3n) is 2.89. The summed E-state index contributed by atoms with van der Waals surface area (Å²) in [5.41, 5.74) is 7.12. The van der Waals surface area contributed by atoms with Crippen molar-refractivity contribution in [3.8, 4) is 0 Å². The summed E-state index contributed by atoms with van der Waals surface area (Å²) in [6, 6.07) is 4.67. The first-order chi connectivity index (χ1) is 8.96. The third-order valence-corrected chi connectivity index (χ3v) is 4.30. The molecule has 108 valence electrons. The van der Waals surface area contributed by atoms with E-state index in [9.17, 15) is 8.42 Å². The summed E-state index contributed by atoms with van der Waals surface area (Å²) in [6.45, 7) is 3.51. The number of sulfonamides is 1. The minimum atomic E-state index is -3.48. The zero-order chi connectivity index (χ0) is 14.5. The number of nitrogen functional groups attached to an aromatic ring is 1. The number of nitrogens with one attached hydrogen (secondary N) is 1. The fraction of sp³-hybridized carbons (Fsp3) is 0.500. The number of nitrogens with zero attached hydrogens (tertiary/aromatic N) is 1. The van der Waals surface area contributed by atoms with Gasteiger partial charge in [-0.1, -0.05) is 0 Å². The Balaban J connectivity index is 3.06. The van der Waals surface area contributed by atoms with Crippen molar-refractivity contribution in [3.63, 3.8) is 0 Å². The van der Waals surface area contributed by atoms with Gasteiger partial charge in [-0.3, -0.25) is 0 Å². The highest BCUT2D eigenvalue weighted by Gasteiger charge is 2.15. The molecule has 1 aromatic rings. The van der Waals surface area contributed by atoms with Crippen molar-refractivity contribution in [2.24, 2.45) is 0 Å². The van der Waals surface area contributed by atoms with E-state index in [4.69, 9.17) is 10.8 Å². The van der Waals surface area contributed by atoms with Crippen molar-refractivity contribution in [2.75, 3.05) is 37.4 Å². The molecule has 0 unspecified atom stereocenters. The van der Waals surface area contributed by atoms with E-state index in [1.165, 1.54) is 19.2 Å². The van der Waals surface area contributed by atoms with Crippen LogP contribution in [0.25, 0.3) is 0 Å². The predicted molar refractivity (Wildman–Crippen MR) is 76.7 cm³/mol. The molecule has 7 heteroatoms. The van der Waals surface area contributed by atoms with Crippen LogP contribution < -0.4 is 15.4 Å². The SMILES string of the molecule is CCN(CCCO)c1ccc(S(=O)(=O)NC)cc1N. The molecule has 19 heavy (non-hydrogen) atoms.